The molecule has 0 aliphatic rings. The van der Waals surface area contributed by atoms with Crippen molar-refractivity contribution >= 4 is 33.6 Å². The lowest BCUT2D eigenvalue weighted by molar-refractivity contribution is -0.161. The van der Waals surface area contributed by atoms with Gasteiger partial charge in [0.25, 0.3) is 0 Å². The van der Waals surface area contributed by atoms with Gasteiger partial charge < -0.3 is 34.2 Å². The van der Waals surface area contributed by atoms with Gasteiger partial charge in [-0.25, -0.2) is 9.13 Å². The van der Waals surface area contributed by atoms with Crippen molar-refractivity contribution in [3.63, 3.8) is 0 Å². The van der Waals surface area contributed by atoms with Crippen LogP contribution in [0.25, 0.3) is 0 Å². The van der Waals surface area contributed by atoms with E-state index in [9.17, 15) is 43.5 Å². The predicted octanol–water partition coefficient (Wildman–Crippen LogP) is 26.5. The highest BCUT2D eigenvalue weighted by Gasteiger charge is 2.29. The minimum Gasteiger partial charge on any atom is -0.463 e. The molecular formula is C93H158O16P2. The number of unbranched alkanes of at least 4 members (excludes halogenated alkanes) is 33. The number of esters is 3. The average molecular weight is 1590 g/mol. The highest BCUT2D eigenvalue weighted by molar-refractivity contribution is 7.47. The van der Waals surface area contributed by atoms with Gasteiger partial charge in [0.2, 0.25) is 0 Å². The number of rotatable bonds is 82. The van der Waals surface area contributed by atoms with Gasteiger partial charge in [-0.05, 0) is 154 Å². The van der Waals surface area contributed by atoms with Gasteiger partial charge >= 0.3 is 33.6 Å². The minimum atomic E-state index is -4.95. The molecule has 0 rings (SSSR count). The zero-order chi connectivity index (χ0) is 80.8. The van der Waals surface area contributed by atoms with Gasteiger partial charge in [-0.1, -0.05) is 339 Å². The van der Waals surface area contributed by atoms with E-state index in [1.165, 1.54) is 128 Å². The van der Waals surface area contributed by atoms with E-state index < -0.39 is 91.5 Å². The van der Waals surface area contributed by atoms with E-state index in [0.29, 0.717) is 19.3 Å². The lowest BCUT2D eigenvalue weighted by Crippen LogP contribution is -2.30. The van der Waals surface area contributed by atoms with Crippen LogP contribution in [0.5, 0.6) is 0 Å². The zero-order valence-corrected chi connectivity index (χ0v) is 71.6. The first kappa shape index (κ1) is 106. The Hall–Kier alpha value is -4.83. The molecule has 0 radical (unpaired) electrons. The fourth-order valence-electron chi connectivity index (χ4n) is 11.6. The minimum absolute atomic E-state index is 0.0917. The molecule has 0 amide bonds. The Bertz CT molecular complexity index is 2650. The van der Waals surface area contributed by atoms with Gasteiger partial charge in [-0.3, -0.25) is 32.5 Å². The molecule has 0 fully saturated rings. The van der Waals surface area contributed by atoms with E-state index >= 15 is 0 Å². The lowest BCUT2D eigenvalue weighted by Gasteiger charge is -2.21. The number of ether oxygens (including phenoxy) is 3. The van der Waals surface area contributed by atoms with E-state index in [-0.39, 0.29) is 19.3 Å². The number of hydrogen-bond donors (Lipinski definition) is 4. The number of aliphatic hydroxyl groups excluding tert-OH is 2. The fourth-order valence-corrected chi connectivity index (χ4v) is 13.2. The van der Waals surface area contributed by atoms with Gasteiger partial charge in [0.1, 0.15) is 25.4 Å². The second-order valence-corrected chi connectivity index (χ2v) is 31.9. The molecule has 0 aromatic carbocycles. The van der Waals surface area contributed by atoms with Crippen LogP contribution in [-0.4, -0.2) is 95.9 Å². The van der Waals surface area contributed by atoms with Gasteiger partial charge in [0.15, 0.2) is 6.10 Å². The maximum absolute atomic E-state index is 13.1. The van der Waals surface area contributed by atoms with Crippen LogP contribution < -0.4 is 0 Å². The zero-order valence-electron chi connectivity index (χ0n) is 69.8. The number of phosphoric ester groups is 2. The average Bonchev–Trinajstić information content (AvgIpc) is 0.900. The number of carbonyl (C=O) groups is 3. The summed E-state index contributed by atoms with van der Waals surface area (Å²) in [6.07, 6.45) is 107. The van der Waals surface area contributed by atoms with Crippen molar-refractivity contribution in [2.45, 2.75) is 373 Å². The van der Waals surface area contributed by atoms with Crippen molar-refractivity contribution < 1.29 is 75.8 Å². The van der Waals surface area contributed by atoms with Crippen molar-refractivity contribution in [2.24, 2.45) is 0 Å². The summed E-state index contributed by atoms with van der Waals surface area (Å²) >= 11 is 0. The SMILES string of the molecule is CC/C=C\C/C=C\C/C=C\C/C=C\C/C=C\CCCCCCCCCCCC(=O)OCC(O)COP(=O)(O)OCC(O)COP(=O)(O)OCC(COC(=O)CCCCCCCCCCC/C=C\C/C=C\C/C=C\C/C=C\CCCCC)OC(=O)CCCCCCCCCCC/C=C\C/C=C\C/C=C\C/C=C\CCCCC. The number of aliphatic hydroxyl groups is 2. The summed E-state index contributed by atoms with van der Waals surface area (Å²) in [4.78, 5) is 58.9. The first-order chi connectivity index (χ1) is 54.2. The first-order valence-electron chi connectivity index (χ1n) is 43.8. The molecule has 0 heterocycles. The molecule has 4 N–H and O–H groups in total. The van der Waals surface area contributed by atoms with E-state index in [1.807, 2.05) is 0 Å². The van der Waals surface area contributed by atoms with Crippen LogP contribution in [-0.2, 0) is 55.8 Å². The molecule has 0 spiro atoms. The topological polar surface area (TPSA) is 231 Å². The fraction of sp³-hybridized carbons (Fsp3) is 0.688. The standard InChI is InChI=1S/C93H158O16P2/c1-4-7-10-13-16-19-22-25-28-31-34-37-40-43-46-49-52-55-58-61-64-67-70-73-76-79-91(96)103-82-88(94)83-105-110(99,100)106-84-89(95)85-107-111(101,102)108-87-90(109-93(98)81-78-75-72-69-66-63-60-57-54-51-48-45-42-39-36-33-30-27-24-21-18-15-12-9-6-3)86-104-92(97)80-77-74-71-68-65-62-59-56-53-50-47-44-41-38-35-32-29-26-23-20-17-14-11-8-5-2/h7,10,16-21,25-30,34-39,43-48,88-90,94-95H,4-6,8-9,11-15,22-24,31-33,40-42,49-87H2,1-3H3,(H,99,100)(H,101,102)/b10-7-,19-16-,20-17-,21-18-,28-25-,29-26-,30-27-,37-34-,38-35-,39-36-,46-43-,47-44-,48-45-. The van der Waals surface area contributed by atoms with Crippen molar-refractivity contribution in [1.82, 2.24) is 0 Å². The summed E-state index contributed by atoms with van der Waals surface area (Å²) in [5.41, 5.74) is 0. The van der Waals surface area contributed by atoms with Crippen LogP contribution in [0, 0.1) is 0 Å². The molecule has 0 aromatic rings. The largest absolute Gasteiger partial charge is 0.472 e. The highest BCUT2D eigenvalue weighted by Crippen LogP contribution is 2.45. The van der Waals surface area contributed by atoms with Gasteiger partial charge in [0, 0.05) is 19.3 Å². The molecule has 111 heavy (non-hydrogen) atoms. The summed E-state index contributed by atoms with van der Waals surface area (Å²) < 4.78 is 61.4. The summed E-state index contributed by atoms with van der Waals surface area (Å²) in [6, 6.07) is 0. The molecule has 0 saturated carbocycles. The third-order valence-corrected chi connectivity index (χ3v) is 20.1. The summed E-state index contributed by atoms with van der Waals surface area (Å²) in [6.45, 7) is 2.52. The van der Waals surface area contributed by atoms with Crippen LogP contribution in [0.3, 0.4) is 0 Å². The Labute approximate surface area is 676 Å². The van der Waals surface area contributed by atoms with Crippen LogP contribution in [0.15, 0.2) is 158 Å². The van der Waals surface area contributed by atoms with E-state index in [4.69, 9.17) is 32.3 Å². The molecule has 18 heteroatoms. The number of hydrogen-bond acceptors (Lipinski definition) is 14. The Morgan fingerprint density at radius 1 is 0.261 bits per heavy atom. The maximum Gasteiger partial charge on any atom is 0.472 e. The summed E-state index contributed by atoms with van der Waals surface area (Å²) in [5.74, 6) is -1.59. The van der Waals surface area contributed by atoms with Crippen molar-refractivity contribution in [3.8, 4) is 0 Å². The Morgan fingerprint density at radius 3 is 0.757 bits per heavy atom. The Morgan fingerprint density at radius 2 is 0.477 bits per heavy atom. The predicted molar refractivity (Wildman–Crippen MR) is 463 cm³/mol. The molecule has 5 unspecified atom stereocenters. The molecule has 0 saturated heterocycles. The van der Waals surface area contributed by atoms with Crippen LogP contribution in [0.1, 0.15) is 355 Å². The smallest absolute Gasteiger partial charge is 0.463 e. The molecule has 0 aromatic heterocycles. The summed E-state index contributed by atoms with van der Waals surface area (Å²) in [5, 5.41) is 20.7. The van der Waals surface area contributed by atoms with Crippen molar-refractivity contribution in [3.05, 3.63) is 158 Å². The second-order valence-electron chi connectivity index (χ2n) is 29.0. The second kappa shape index (κ2) is 84.6. The first-order valence-corrected chi connectivity index (χ1v) is 46.8. The quantitative estimate of drug-likeness (QED) is 0.0146. The van der Waals surface area contributed by atoms with E-state index in [0.717, 1.165) is 167 Å². The van der Waals surface area contributed by atoms with Crippen molar-refractivity contribution in [2.75, 3.05) is 39.6 Å². The van der Waals surface area contributed by atoms with E-state index in [2.05, 4.69) is 179 Å². The van der Waals surface area contributed by atoms with Crippen molar-refractivity contribution in [1.29, 1.82) is 0 Å². The highest BCUT2D eigenvalue weighted by atomic mass is 31.2. The monoisotopic (exact) mass is 1590 g/mol. The lowest BCUT2D eigenvalue weighted by atomic mass is 10.1. The molecule has 0 aliphatic heterocycles. The van der Waals surface area contributed by atoms with Gasteiger partial charge in [-0.2, -0.15) is 0 Å². The molecule has 5 atom stereocenters. The molecule has 0 aliphatic carbocycles. The Kier molecular flexibility index (Phi) is 80.9. The van der Waals surface area contributed by atoms with Gasteiger partial charge in [-0.15, -0.1) is 0 Å². The summed E-state index contributed by atoms with van der Waals surface area (Å²) in [7, 11) is -9.82. The van der Waals surface area contributed by atoms with Gasteiger partial charge in [0.05, 0.1) is 26.4 Å². The van der Waals surface area contributed by atoms with Crippen LogP contribution in [0.2, 0.25) is 0 Å². The molecule has 16 nitrogen and oxygen atoms in total. The molecular weight excluding hydrogens is 1430 g/mol. The molecule has 0 bridgehead atoms. The number of carbonyl (C=O) groups excluding carboxylic acids is 3. The number of allylic oxidation sites excluding steroid dienone is 26. The normalized spacial score (nSPS) is 14.6. The van der Waals surface area contributed by atoms with E-state index in [1.54, 1.807) is 0 Å². The third kappa shape index (κ3) is 85.9. The number of phosphoric acid groups is 2. The third-order valence-electron chi connectivity index (χ3n) is 18.2. The molecule has 636 valence electrons. The van der Waals surface area contributed by atoms with Crippen LogP contribution in [0.4, 0.5) is 0 Å². The Balaban J connectivity index is 4.72. The maximum atomic E-state index is 13.1. The van der Waals surface area contributed by atoms with Crippen LogP contribution >= 0.6 is 15.6 Å².